The maximum Gasteiger partial charge on any atom is 0.0626 e. The highest BCUT2D eigenvalue weighted by atomic mass is 16.8. The van der Waals surface area contributed by atoms with Crippen LogP contribution in [-0.2, 0) is 0 Å². The SMILES string of the molecule is CCC[C@@H](C)[C@H]1CCC2C3CCC4CC(N(O)O)CC[C@]4(C)C3CC[C@@]21C. The van der Waals surface area contributed by atoms with E-state index in [1.54, 1.807) is 0 Å². The molecule has 3 heteroatoms. The Bertz CT molecular complexity index is 536. The van der Waals surface area contributed by atoms with Gasteiger partial charge in [-0.05, 0) is 104 Å². The predicted octanol–water partition coefficient (Wildman–Crippen LogP) is 6.53. The summed E-state index contributed by atoms with van der Waals surface area (Å²) in [5.74, 6) is 5.27. The van der Waals surface area contributed by atoms with E-state index in [9.17, 15) is 10.4 Å². The van der Waals surface area contributed by atoms with Gasteiger partial charge in [-0.3, -0.25) is 10.4 Å². The number of hydrogen-bond acceptors (Lipinski definition) is 3. The highest BCUT2D eigenvalue weighted by molar-refractivity contribution is 5.09. The van der Waals surface area contributed by atoms with Crippen molar-refractivity contribution < 1.29 is 10.4 Å². The summed E-state index contributed by atoms with van der Waals surface area (Å²) in [6.07, 6.45) is 14.3. The molecule has 0 aromatic carbocycles. The van der Waals surface area contributed by atoms with Gasteiger partial charge in [0.2, 0.25) is 0 Å². The van der Waals surface area contributed by atoms with E-state index in [0.29, 0.717) is 22.0 Å². The molecule has 156 valence electrons. The zero-order valence-corrected chi connectivity index (χ0v) is 18.2. The van der Waals surface area contributed by atoms with Crippen molar-refractivity contribution in [3.05, 3.63) is 0 Å². The van der Waals surface area contributed by atoms with Crippen LogP contribution in [0.4, 0.5) is 0 Å². The second-order valence-electron chi connectivity index (χ2n) is 11.4. The first kappa shape index (κ1) is 20.2. The topological polar surface area (TPSA) is 43.7 Å². The lowest BCUT2D eigenvalue weighted by Gasteiger charge is -2.61. The van der Waals surface area contributed by atoms with Gasteiger partial charge in [0.1, 0.15) is 0 Å². The van der Waals surface area contributed by atoms with E-state index in [0.717, 1.165) is 42.4 Å². The molecule has 0 radical (unpaired) electrons. The molecule has 0 aromatic heterocycles. The summed E-state index contributed by atoms with van der Waals surface area (Å²) in [4.78, 5) is 0. The van der Waals surface area contributed by atoms with Gasteiger partial charge in [-0.2, -0.15) is 0 Å². The molecule has 4 aliphatic rings. The summed E-state index contributed by atoms with van der Waals surface area (Å²) < 4.78 is 0. The summed E-state index contributed by atoms with van der Waals surface area (Å²) in [6.45, 7) is 10.1. The van der Waals surface area contributed by atoms with E-state index in [4.69, 9.17) is 0 Å². The first-order chi connectivity index (χ1) is 12.8. The van der Waals surface area contributed by atoms with Crippen molar-refractivity contribution in [3.8, 4) is 0 Å². The first-order valence-electron chi connectivity index (χ1n) is 12.0. The van der Waals surface area contributed by atoms with Crippen LogP contribution in [0.5, 0.6) is 0 Å². The molecule has 0 spiro atoms. The van der Waals surface area contributed by atoms with E-state index in [2.05, 4.69) is 27.7 Å². The minimum absolute atomic E-state index is 0.0424. The van der Waals surface area contributed by atoms with Crippen LogP contribution in [0.2, 0.25) is 0 Å². The van der Waals surface area contributed by atoms with Crippen LogP contribution in [0, 0.1) is 46.3 Å². The zero-order chi connectivity index (χ0) is 19.4. The molecule has 4 rings (SSSR count). The molecule has 0 heterocycles. The van der Waals surface area contributed by atoms with Crippen molar-refractivity contribution in [2.45, 2.75) is 104 Å². The largest absolute Gasteiger partial charge is 0.289 e. The third-order valence-corrected chi connectivity index (χ3v) is 10.5. The number of rotatable bonds is 4. The monoisotopic (exact) mass is 377 g/mol. The standard InChI is InChI=1S/C24H43NO2/c1-5-6-16(2)20-9-10-21-19-8-7-17-15-18(25(26)27)11-13-23(17,3)22(19)12-14-24(20,21)4/h16-22,26-27H,5-15H2,1-4H3/t16-,17?,18?,19?,20-,21?,22?,23+,24-/m1/s1. The third kappa shape index (κ3) is 3.11. The smallest absolute Gasteiger partial charge is 0.0626 e. The lowest BCUT2D eigenvalue weighted by molar-refractivity contribution is -0.341. The molecule has 0 aliphatic heterocycles. The Morgan fingerprint density at radius 2 is 1.63 bits per heavy atom. The van der Waals surface area contributed by atoms with Crippen molar-refractivity contribution in [2.24, 2.45) is 46.3 Å². The highest BCUT2D eigenvalue weighted by Crippen LogP contribution is 2.68. The molecule has 0 amide bonds. The third-order valence-electron chi connectivity index (χ3n) is 10.5. The number of fused-ring (bicyclic) bond motifs is 5. The Labute approximate surface area is 166 Å². The molecule has 3 nitrogen and oxygen atoms in total. The van der Waals surface area contributed by atoms with Gasteiger partial charge in [0.25, 0.3) is 0 Å². The predicted molar refractivity (Wildman–Crippen MR) is 108 cm³/mol. The van der Waals surface area contributed by atoms with Crippen LogP contribution in [0.3, 0.4) is 0 Å². The van der Waals surface area contributed by atoms with Gasteiger partial charge in [0.05, 0.1) is 6.04 Å². The van der Waals surface area contributed by atoms with Crippen LogP contribution >= 0.6 is 0 Å². The van der Waals surface area contributed by atoms with E-state index >= 15 is 0 Å². The van der Waals surface area contributed by atoms with Crippen LogP contribution in [0.1, 0.15) is 98.3 Å². The van der Waals surface area contributed by atoms with E-state index in [1.165, 1.54) is 57.8 Å². The highest BCUT2D eigenvalue weighted by Gasteiger charge is 2.60. The van der Waals surface area contributed by atoms with Crippen LogP contribution in [-0.4, -0.2) is 21.7 Å². The van der Waals surface area contributed by atoms with E-state index in [-0.39, 0.29) is 6.04 Å². The van der Waals surface area contributed by atoms with Crippen molar-refractivity contribution in [1.29, 1.82) is 0 Å². The molecule has 4 saturated carbocycles. The molecular formula is C24H43NO2. The van der Waals surface area contributed by atoms with Crippen molar-refractivity contribution in [2.75, 3.05) is 0 Å². The minimum atomic E-state index is -0.0424. The van der Waals surface area contributed by atoms with Crippen LogP contribution in [0.25, 0.3) is 0 Å². The molecule has 27 heavy (non-hydrogen) atoms. The summed E-state index contributed by atoms with van der Waals surface area (Å²) in [5.41, 5.74) is 1.02. The van der Waals surface area contributed by atoms with Gasteiger partial charge in [-0.1, -0.05) is 45.8 Å². The summed E-state index contributed by atoms with van der Waals surface area (Å²) in [6, 6.07) is -0.0424. The zero-order valence-electron chi connectivity index (χ0n) is 18.2. The van der Waals surface area contributed by atoms with Gasteiger partial charge in [0.15, 0.2) is 0 Å². The van der Waals surface area contributed by atoms with Gasteiger partial charge in [-0.15, -0.1) is 0 Å². The van der Waals surface area contributed by atoms with E-state index < -0.39 is 0 Å². The first-order valence-corrected chi connectivity index (χ1v) is 12.0. The molecule has 0 saturated heterocycles. The maximum atomic E-state index is 9.55. The fraction of sp³-hybridized carbons (Fsp3) is 1.00. The molecule has 9 atom stereocenters. The molecular weight excluding hydrogens is 334 g/mol. The maximum absolute atomic E-state index is 9.55. The Morgan fingerprint density at radius 3 is 2.33 bits per heavy atom. The molecule has 0 bridgehead atoms. The minimum Gasteiger partial charge on any atom is -0.289 e. The van der Waals surface area contributed by atoms with Gasteiger partial charge in [0, 0.05) is 0 Å². The quantitative estimate of drug-likeness (QED) is 0.547. The Kier molecular flexibility index (Phi) is 5.44. The van der Waals surface area contributed by atoms with Crippen LogP contribution < -0.4 is 0 Å². The van der Waals surface area contributed by atoms with Crippen molar-refractivity contribution in [3.63, 3.8) is 0 Å². The fourth-order valence-corrected chi connectivity index (χ4v) is 9.08. The number of nitrogens with zero attached hydrogens (tertiary/aromatic N) is 1. The van der Waals surface area contributed by atoms with Gasteiger partial charge >= 0.3 is 0 Å². The Balaban J connectivity index is 1.53. The van der Waals surface area contributed by atoms with Crippen molar-refractivity contribution in [1.82, 2.24) is 5.23 Å². The Hall–Kier alpha value is -0.120. The second kappa shape index (κ2) is 7.29. The van der Waals surface area contributed by atoms with Gasteiger partial charge < -0.3 is 0 Å². The summed E-state index contributed by atoms with van der Waals surface area (Å²) >= 11 is 0. The van der Waals surface area contributed by atoms with E-state index in [1.807, 2.05) is 0 Å². The van der Waals surface area contributed by atoms with Crippen molar-refractivity contribution >= 4 is 0 Å². The van der Waals surface area contributed by atoms with Gasteiger partial charge in [-0.25, -0.2) is 0 Å². The number of hydrogen-bond donors (Lipinski definition) is 2. The average molecular weight is 378 g/mol. The normalized spacial score (nSPS) is 50.8. The average Bonchev–Trinajstić information content (AvgIpc) is 2.98. The molecule has 4 aliphatic carbocycles. The summed E-state index contributed by atoms with van der Waals surface area (Å²) in [5, 5.41) is 19.6. The Morgan fingerprint density at radius 1 is 0.926 bits per heavy atom. The lowest BCUT2D eigenvalue weighted by atomic mass is 9.44. The lowest BCUT2D eigenvalue weighted by Crippen LogP contribution is -2.55. The summed E-state index contributed by atoms with van der Waals surface area (Å²) in [7, 11) is 0. The molecule has 5 unspecified atom stereocenters. The molecule has 0 aromatic rings. The fourth-order valence-electron chi connectivity index (χ4n) is 9.08. The second-order valence-corrected chi connectivity index (χ2v) is 11.4. The van der Waals surface area contributed by atoms with Crippen LogP contribution in [0.15, 0.2) is 0 Å². The molecule has 2 N–H and O–H groups in total. The number of hydroxylamine groups is 2. The molecule has 4 fully saturated rings.